The molecule has 0 saturated heterocycles. The van der Waals surface area contributed by atoms with E-state index in [0.717, 1.165) is 11.1 Å². The molecule has 0 saturated carbocycles. The molecule has 4 heteroatoms. The van der Waals surface area contributed by atoms with Gasteiger partial charge in [0.25, 0.3) is 5.91 Å². The van der Waals surface area contributed by atoms with Crippen molar-refractivity contribution < 1.29 is 9.90 Å². The lowest BCUT2D eigenvalue weighted by Gasteiger charge is -2.18. The van der Waals surface area contributed by atoms with Gasteiger partial charge in [0.15, 0.2) is 0 Å². The van der Waals surface area contributed by atoms with E-state index in [1.165, 1.54) is 5.56 Å². The molecule has 1 amide bonds. The maximum Gasteiger partial charge on any atom is 0.255 e. The topological polar surface area (TPSA) is 53.4 Å². The van der Waals surface area contributed by atoms with Gasteiger partial charge in [-0.15, -0.1) is 0 Å². The van der Waals surface area contributed by atoms with E-state index < -0.39 is 6.10 Å². The summed E-state index contributed by atoms with van der Waals surface area (Å²) >= 11 is 0. The predicted octanol–water partition coefficient (Wildman–Crippen LogP) is 2.90. The monoisotopic (exact) mass is 298 g/mol. The lowest BCUT2D eigenvalue weighted by atomic mass is 10.0. The minimum absolute atomic E-state index is 0.0809. The summed E-state index contributed by atoms with van der Waals surface area (Å²) < 4.78 is 0. The SMILES string of the molecule is Cc1cccc(-c2cncc(C(=O)N(C)CCC(C)O)c2)c1. The van der Waals surface area contributed by atoms with Gasteiger partial charge in [0.1, 0.15) is 0 Å². The molecule has 1 unspecified atom stereocenters. The summed E-state index contributed by atoms with van der Waals surface area (Å²) in [6.07, 6.45) is 3.50. The van der Waals surface area contributed by atoms with Crippen LogP contribution in [0.5, 0.6) is 0 Å². The zero-order chi connectivity index (χ0) is 16.1. The first-order valence-electron chi connectivity index (χ1n) is 7.43. The molecule has 2 rings (SSSR count). The minimum Gasteiger partial charge on any atom is -0.393 e. The summed E-state index contributed by atoms with van der Waals surface area (Å²) in [5, 5.41) is 9.32. The van der Waals surface area contributed by atoms with E-state index in [1.807, 2.05) is 31.2 Å². The molecule has 0 aliphatic rings. The Kier molecular flexibility index (Phi) is 5.28. The second kappa shape index (κ2) is 7.18. The van der Waals surface area contributed by atoms with Crippen LogP contribution in [0.15, 0.2) is 42.7 Å². The number of aliphatic hydroxyl groups is 1. The summed E-state index contributed by atoms with van der Waals surface area (Å²) in [6.45, 7) is 4.28. The number of aliphatic hydroxyl groups excluding tert-OH is 1. The van der Waals surface area contributed by atoms with E-state index in [2.05, 4.69) is 11.1 Å². The van der Waals surface area contributed by atoms with E-state index in [1.54, 1.807) is 31.3 Å². The number of benzene rings is 1. The molecule has 1 heterocycles. The van der Waals surface area contributed by atoms with Crippen molar-refractivity contribution in [2.45, 2.75) is 26.4 Å². The molecule has 0 aliphatic carbocycles. The Morgan fingerprint density at radius 2 is 2.05 bits per heavy atom. The highest BCUT2D eigenvalue weighted by molar-refractivity contribution is 5.94. The number of carbonyl (C=O) groups excluding carboxylic acids is 1. The fourth-order valence-corrected chi connectivity index (χ4v) is 2.24. The van der Waals surface area contributed by atoms with Gasteiger partial charge in [-0.25, -0.2) is 0 Å². The number of carbonyl (C=O) groups is 1. The third kappa shape index (κ3) is 4.15. The quantitative estimate of drug-likeness (QED) is 0.923. The molecule has 0 bridgehead atoms. The highest BCUT2D eigenvalue weighted by Gasteiger charge is 2.13. The third-order valence-electron chi connectivity index (χ3n) is 3.57. The summed E-state index contributed by atoms with van der Waals surface area (Å²) in [6, 6.07) is 9.98. The third-order valence-corrected chi connectivity index (χ3v) is 3.57. The molecule has 0 fully saturated rings. The molecule has 1 aromatic carbocycles. The Hall–Kier alpha value is -2.20. The molecule has 1 atom stereocenters. The number of aromatic nitrogens is 1. The van der Waals surface area contributed by atoms with Crippen molar-refractivity contribution in [1.82, 2.24) is 9.88 Å². The molecular formula is C18H22N2O2. The maximum absolute atomic E-state index is 12.4. The Balaban J connectivity index is 2.19. The average Bonchev–Trinajstić information content (AvgIpc) is 2.52. The Morgan fingerprint density at radius 1 is 1.27 bits per heavy atom. The molecule has 2 aromatic rings. The fourth-order valence-electron chi connectivity index (χ4n) is 2.24. The van der Waals surface area contributed by atoms with Crippen molar-refractivity contribution in [2.75, 3.05) is 13.6 Å². The van der Waals surface area contributed by atoms with E-state index in [4.69, 9.17) is 0 Å². The van der Waals surface area contributed by atoms with Gasteiger partial charge < -0.3 is 10.0 Å². The van der Waals surface area contributed by atoms with Crippen LogP contribution < -0.4 is 0 Å². The van der Waals surface area contributed by atoms with Crippen molar-refractivity contribution >= 4 is 5.91 Å². The number of pyridine rings is 1. The van der Waals surface area contributed by atoms with Gasteiger partial charge in [0.2, 0.25) is 0 Å². The van der Waals surface area contributed by atoms with E-state index in [0.29, 0.717) is 18.5 Å². The molecule has 4 nitrogen and oxygen atoms in total. The zero-order valence-electron chi connectivity index (χ0n) is 13.3. The number of amides is 1. The standard InChI is InChI=1S/C18H22N2O2/c1-13-5-4-6-15(9-13)16-10-17(12-19-11-16)18(22)20(3)8-7-14(2)21/h4-6,9-12,14,21H,7-8H2,1-3H3. The van der Waals surface area contributed by atoms with Crippen molar-refractivity contribution in [3.8, 4) is 11.1 Å². The first-order chi connectivity index (χ1) is 10.5. The number of hydrogen-bond acceptors (Lipinski definition) is 3. The zero-order valence-corrected chi connectivity index (χ0v) is 13.3. The van der Waals surface area contributed by atoms with Crippen LogP contribution in [0.4, 0.5) is 0 Å². The number of nitrogens with zero attached hydrogens (tertiary/aromatic N) is 2. The summed E-state index contributed by atoms with van der Waals surface area (Å²) in [4.78, 5) is 18.2. The lowest BCUT2D eigenvalue weighted by molar-refractivity contribution is 0.0768. The number of rotatable bonds is 5. The molecule has 116 valence electrons. The van der Waals surface area contributed by atoms with Crippen LogP contribution in [-0.4, -0.2) is 40.6 Å². The van der Waals surface area contributed by atoms with Crippen LogP contribution in [0.3, 0.4) is 0 Å². The Morgan fingerprint density at radius 3 is 2.73 bits per heavy atom. The van der Waals surface area contributed by atoms with Gasteiger partial charge in [-0.05, 0) is 31.9 Å². The Labute approximate surface area is 131 Å². The van der Waals surface area contributed by atoms with E-state index in [-0.39, 0.29) is 5.91 Å². The smallest absolute Gasteiger partial charge is 0.255 e. The van der Waals surface area contributed by atoms with Crippen LogP contribution in [0.25, 0.3) is 11.1 Å². The van der Waals surface area contributed by atoms with E-state index in [9.17, 15) is 9.90 Å². The number of aryl methyl sites for hydroxylation is 1. The van der Waals surface area contributed by atoms with Gasteiger partial charge >= 0.3 is 0 Å². The van der Waals surface area contributed by atoms with Crippen molar-refractivity contribution in [2.24, 2.45) is 0 Å². The molecule has 1 aromatic heterocycles. The highest BCUT2D eigenvalue weighted by atomic mass is 16.3. The minimum atomic E-state index is -0.410. The molecule has 22 heavy (non-hydrogen) atoms. The highest BCUT2D eigenvalue weighted by Crippen LogP contribution is 2.21. The van der Waals surface area contributed by atoms with Crippen LogP contribution >= 0.6 is 0 Å². The van der Waals surface area contributed by atoms with Gasteiger partial charge in [0.05, 0.1) is 11.7 Å². The maximum atomic E-state index is 12.4. The molecule has 0 spiro atoms. The normalized spacial score (nSPS) is 12.0. The van der Waals surface area contributed by atoms with Crippen LogP contribution in [0.2, 0.25) is 0 Å². The summed E-state index contributed by atoms with van der Waals surface area (Å²) in [5.41, 5.74) is 3.71. The van der Waals surface area contributed by atoms with Crippen LogP contribution in [-0.2, 0) is 0 Å². The molecule has 0 radical (unpaired) electrons. The van der Waals surface area contributed by atoms with E-state index >= 15 is 0 Å². The summed E-state index contributed by atoms with van der Waals surface area (Å²) in [5.74, 6) is -0.0809. The fraction of sp³-hybridized carbons (Fsp3) is 0.333. The van der Waals surface area contributed by atoms with Crippen molar-refractivity contribution in [3.05, 3.63) is 53.9 Å². The summed E-state index contributed by atoms with van der Waals surface area (Å²) in [7, 11) is 1.74. The molecule has 1 N–H and O–H groups in total. The van der Waals surface area contributed by atoms with Crippen LogP contribution in [0, 0.1) is 6.92 Å². The lowest BCUT2D eigenvalue weighted by Crippen LogP contribution is -2.29. The van der Waals surface area contributed by atoms with Crippen molar-refractivity contribution in [3.63, 3.8) is 0 Å². The van der Waals surface area contributed by atoms with Gasteiger partial charge in [-0.1, -0.05) is 29.8 Å². The Bertz CT molecular complexity index is 653. The van der Waals surface area contributed by atoms with Gasteiger partial charge in [0, 0.05) is 31.5 Å². The second-order valence-corrected chi connectivity index (χ2v) is 5.70. The van der Waals surface area contributed by atoms with Gasteiger partial charge in [-0.3, -0.25) is 9.78 Å². The second-order valence-electron chi connectivity index (χ2n) is 5.70. The van der Waals surface area contributed by atoms with Crippen LogP contribution in [0.1, 0.15) is 29.3 Å². The van der Waals surface area contributed by atoms with Gasteiger partial charge in [-0.2, -0.15) is 0 Å². The molecular weight excluding hydrogens is 276 g/mol. The molecule has 0 aliphatic heterocycles. The first kappa shape index (κ1) is 16.2. The first-order valence-corrected chi connectivity index (χ1v) is 7.43. The van der Waals surface area contributed by atoms with Crippen molar-refractivity contribution in [1.29, 1.82) is 0 Å². The number of hydrogen-bond donors (Lipinski definition) is 1. The predicted molar refractivity (Wildman–Crippen MR) is 87.7 cm³/mol. The average molecular weight is 298 g/mol. The largest absolute Gasteiger partial charge is 0.393 e.